The van der Waals surface area contributed by atoms with E-state index >= 15 is 0 Å². The van der Waals surface area contributed by atoms with E-state index in [-0.39, 0.29) is 35.7 Å². The van der Waals surface area contributed by atoms with E-state index < -0.39 is 59.6 Å². The van der Waals surface area contributed by atoms with Crippen molar-refractivity contribution in [3.63, 3.8) is 0 Å². The van der Waals surface area contributed by atoms with Crippen molar-refractivity contribution in [1.29, 1.82) is 0 Å². The van der Waals surface area contributed by atoms with Gasteiger partial charge in [0.1, 0.15) is 23.2 Å². The summed E-state index contributed by atoms with van der Waals surface area (Å²) in [5.41, 5.74) is -2.43. The van der Waals surface area contributed by atoms with Crippen LogP contribution in [0.1, 0.15) is 47.1 Å². The van der Waals surface area contributed by atoms with E-state index in [1.807, 2.05) is 0 Å². The summed E-state index contributed by atoms with van der Waals surface area (Å²) in [7, 11) is 0. The highest BCUT2D eigenvalue weighted by molar-refractivity contribution is 6.03. The van der Waals surface area contributed by atoms with Gasteiger partial charge < -0.3 is 9.74 Å². The molecule has 14 heteroatoms. The number of halogens is 7. The van der Waals surface area contributed by atoms with Gasteiger partial charge in [0.2, 0.25) is 5.91 Å². The highest BCUT2D eigenvalue weighted by atomic mass is 19.4. The Labute approximate surface area is 223 Å². The van der Waals surface area contributed by atoms with E-state index in [0.717, 1.165) is 30.6 Å². The Kier molecular flexibility index (Phi) is 8.64. The molecule has 4 rings (SSSR count). The van der Waals surface area contributed by atoms with Gasteiger partial charge in [0, 0.05) is 54.7 Å². The summed E-state index contributed by atoms with van der Waals surface area (Å²) in [5.74, 6) is -2.72. The van der Waals surface area contributed by atoms with Gasteiger partial charge in [-0.1, -0.05) is 11.2 Å². The molecule has 0 N–H and O–H groups in total. The highest BCUT2D eigenvalue weighted by Crippen LogP contribution is 2.32. The first-order valence-electron chi connectivity index (χ1n) is 12.0. The summed E-state index contributed by atoms with van der Waals surface area (Å²) in [5, 5.41) is 3.43. The van der Waals surface area contributed by atoms with E-state index in [4.69, 9.17) is 4.84 Å². The first-order chi connectivity index (χ1) is 18.9. The fourth-order valence-corrected chi connectivity index (χ4v) is 4.29. The third-order valence-corrected chi connectivity index (χ3v) is 6.32. The van der Waals surface area contributed by atoms with Crippen molar-refractivity contribution >= 4 is 11.6 Å². The second-order valence-electron chi connectivity index (χ2n) is 8.99. The standard InChI is InChI=1S/C26H22F7N5O2/c1-14-35-13-18(24(25(29)30)37-40-16-5-8-34-21(11-16)26(31,32)33)23(36-14)15-6-9-38(10-7-15)22(39)12-17-19(27)3-2-4-20(17)28/h2-5,8,11,13,15,25H,6-7,9-10,12H2,1H3/b37-24-. The predicted octanol–water partition coefficient (Wildman–Crippen LogP) is 5.47. The lowest BCUT2D eigenvalue weighted by atomic mass is 9.89. The number of carbonyl (C=O) groups excluding carboxylic acids is 1. The Morgan fingerprint density at radius 1 is 1.12 bits per heavy atom. The number of hydrogen-bond donors (Lipinski definition) is 0. The Morgan fingerprint density at radius 2 is 1.80 bits per heavy atom. The van der Waals surface area contributed by atoms with Crippen LogP contribution in [-0.4, -0.2) is 51.0 Å². The van der Waals surface area contributed by atoms with Crippen molar-refractivity contribution in [3.05, 3.63) is 82.7 Å². The number of likely N-dealkylation sites (tertiary alicyclic amines) is 1. The SMILES string of the molecule is Cc1ncc(/C(=N/Oc2ccnc(C(F)(F)F)c2)C(F)F)c(C2CCN(C(=O)Cc3c(F)cccc3F)CC2)n1. The van der Waals surface area contributed by atoms with Gasteiger partial charge in [0.05, 0.1) is 12.1 Å². The molecule has 7 nitrogen and oxygen atoms in total. The average molecular weight is 569 g/mol. The fraction of sp³-hybridized carbons (Fsp3) is 0.346. The van der Waals surface area contributed by atoms with Crippen molar-refractivity contribution in [1.82, 2.24) is 19.9 Å². The maximum absolute atomic E-state index is 14.1. The number of aryl methyl sites for hydroxylation is 1. The Hall–Kier alpha value is -4.10. The number of benzene rings is 1. The predicted molar refractivity (Wildman–Crippen MR) is 128 cm³/mol. The van der Waals surface area contributed by atoms with Crippen LogP contribution in [0, 0.1) is 18.6 Å². The molecular weight excluding hydrogens is 547 g/mol. The van der Waals surface area contributed by atoms with Crippen LogP contribution in [-0.2, 0) is 17.4 Å². The molecule has 2 aromatic heterocycles. The number of pyridine rings is 1. The van der Waals surface area contributed by atoms with Gasteiger partial charge in [-0.05, 0) is 31.9 Å². The Bertz CT molecular complexity index is 1390. The molecule has 212 valence electrons. The van der Waals surface area contributed by atoms with Gasteiger partial charge in [0.15, 0.2) is 11.5 Å². The fourth-order valence-electron chi connectivity index (χ4n) is 4.29. The molecule has 1 aliphatic heterocycles. The van der Waals surface area contributed by atoms with E-state index in [9.17, 15) is 35.5 Å². The lowest BCUT2D eigenvalue weighted by Gasteiger charge is -2.32. The molecule has 0 aliphatic carbocycles. The lowest BCUT2D eigenvalue weighted by Crippen LogP contribution is -2.39. The number of oxime groups is 1. The quantitative estimate of drug-likeness (QED) is 0.214. The van der Waals surface area contributed by atoms with Crippen LogP contribution in [0.5, 0.6) is 5.75 Å². The number of carbonyl (C=O) groups is 1. The molecule has 3 heterocycles. The number of nitrogens with zero attached hydrogens (tertiary/aromatic N) is 5. The first kappa shape index (κ1) is 28.9. The molecule has 40 heavy (non-hydrogen) atoms. The molecule has 0 spiro atoms. The molecular formula is C26H22F7N5O2. The van der Waals surface area contributed by atoms with Crippen LogP contribution in [0.25, 0.3) is 0 Å². The van der Waals surface area contributed by atoms with E-state index in [1.165, 1.54) is 11.0 Å². The van der Waals surface area contributed by atoms with Gasteiger partial charge in [-0.2, -0.15) is 13.2 Å². The van der Waals surface area contributed by atoms with E-state index in [1.54, 1.807) is 6.92 Å². The van der Waals surface area contributed by atoms with Crippen LogP contribution >= 0.6 is 0 Å². The molecule has 3 aromatic rings. The monoisotopic (exact) mass is 569 g/mol. The van der Waals surface area contributed by atoms with Crippen LogP contribution in [0.4, 0.5) is 30.7 Å². The summed E-state index contributed by atoms with van der Waals surface area (Å²) < 4.78 is 94.9. The topological polar surface area (TPSA) is 80.6 Å². The normalized spacial score (nSPS) is 15.0. The second kappa shape index (κ2) is 12.0. The largest absolute Gasteiger partial charge is 0.433 e. The Morgan fingerprint density at radius 3 is 2.42 bits per heavy atom. The van der Waals surface area contributed by atoms with Crippen molar-refractivity contribution in [2.24, 2.45) is 5.16 Å². The molecule has 1 aliphatic rings. The first-order valence-corrected chi connectivity index (χ1v) is 12.0. The molecule has 0 atom stereocenters. The summed E-state index contributed by atoms with van der Waals surface area (Å²) in [6.07, 6.45) is -5.88. The maximum Gasteiger partial charge on any atom is 0.433 e. The number of rotatable bonds is 7. The summed E-state index contributed by atoms with van der Waals surface area (Å²) in [6, 6.07) is 4.89. The van der Waals surface area contributed by atoms with Gasteiger partial charge in [0.25, 0.3) is 6.43 Å². The van der Waals surface area contributed by atoms with Crippen LogP contribution < -0.4 is 4.84 Å². The molecule has 1 aromatic carbocycles. The molecule has 1 fully saturated rings. The van der Waals surface area contributed by atoms with E-state index in [0.29, 0.717) is 18.9 Å². The van der Waals surface area contributed by atoms with Crippen molar-refractivity contribution in [2.75, 3.05) is 13.1 Å². The number of piperidine rings is 1. The summed E-state index contributed by atoms with van der Waals surface area (Å²) in [6.45, 7) is 1.91. The molecule has 1 amide bonds. The van der Waals surface area contributed by atoms with Crippen LogP contribution in [0.15, 0.2) is 47.9 Å². The minimum absolute atomic E-state index is 0.149. The minimum atomic E-state index is -4.77. The summed E-state index contributed by atoms with van der Waals surface area (Å²) in [4.78, 5) is 30.5. The van der Waals surface area contributed by atoms with Gasteiger partial charge in [-0.15, -0.1) is 0 Å². The van der Waals surface area contributed by atoms with Crippen LogP contribution in [0.2, 0.25) is 0 Å². The molecule has 1 saturated heterocycles. The van der Waals surface area contributed by atoms with Crippen molar-refractivity contribution in [2.45, 2.75) is 44.7 Å². The molecule has 0 bridgehead atoms. The van der Waals surface area contributed by atoms with E-state index in [2.05, 4.69) is 20.1 Å². The smallest absolute Gasteiger partial charge is 0.356 e. The number of alkyl halides is 5. The zero-order valence-electron chi connectivity index (χ0n) is 20.9. The third-order valence-electron chi connectivity index (χ3n) is 6.32. The average Bonchev–Trinajstić information content (AvgIpc) is 2.91. The zero-order chi connectivity index (χ0) is 29.0. The Balaban J connectivity index is 1.52. The highest BCUT2D eigenvalue weighted by Gasteiger charge is 2.33. The van der Waals surface area contributed by atoms with Gasteiger partial charge in [-0.25, -0.2) is 27.5 Å². The van der Waals surface area contributed by atoms with Gasteiger partial charge in [-0.3, -0.25) is 9.78 Å². The third kappa shape index (κ3) is 6.72. The lowest BCUT2D eigenvalue weighted by molar-refractivity contribution is -0.141. The zero-order valence-corrected chi connectivity index (χ0v) is 20.9. The van der Waals surface area contributed by atoms with Crippen molar-refractivity contribution in [3.8, 4) is 5.75 Å². The number of aromatic nitrogens is 3. The van der Waals surface area contributed by atoms with Crippen LogP contribution in [0.3, 0.4) is 0 Å². The van der Waals surface area contributed by atoms with Crippen molar-refractivity contribution < 1.29 is 40.4 Å². The summed E-state index contributed by atoms with van der Waals surface area (Å²) >= 11 is 0. The number of hydrogen-bond acceptors (Lipinski definition) is 6. The van der Waals surface area contributed by atoms with Gasteiger partial charge >= 0.3 is 6.18 Å². The molecule has 0 radical (unpaired) electrons. The molecule has 0 saturated carbocycles. The molecule has 0 unspecified atom stereocenters. The number of amides is 1. The minimum Gasteiger partial charge on any atom is -0.356 e. The maximum atomic E-state index is 14.1. The second-order valence-corrected chi connectivity index (χ2v) is 8.99.